The SMILES string of the molecule is C=CC[C@H](CC)NC(=O)Nc1ccc(NC(C)=O)cc1C(F)(F)F. The van der Waals surface area contributed by atoms with Gasteiger partial charge >= 0.3 is 12.2 Å². The lowest BCUT2D eigenvalue weighted by Crippen LogP contribution is -2.37. The van der Waals surface area contributed by atoms with Crippen LogP contribution in [0, 0.1) is 0 Å². The zero-order valence-electron chi connectivity index (χ0n) is 13.5. The summed E-state index contributed by atoms with van der Waals surface area (Å²) in [4.78, 5) is 22.9. The molecule has 0 aromatic heterocycles. The molecule has 0 spiro atoms. The molecule has 3 N–H and O–H groups in total. The molecule has 0 saturated heterocycles. The van der Waals surface area contributed by atoms with E-state index in [0.717, 1.165) is 12.1 Å². The van der Waals surface area contributed by atoms with Crippen LogP contribution in [0.2, 0.25) is 0 Å². The van der Waals surface area contributed by atoms with Crippen molar-refractivity contribution in [2.75, 3.05) is 10.6 Å². The van der Waals surface area contributed by atoms with Gasteiger partial charge in [0.2, 0.25) is 5.91 Å². The molecule has 132 valence electrons. The smallest absolute Gasteiger partial charge is 0.335 e. The number of benzene rings is 1. The van der Waals surface area contributed by atoms with E-state index in [-0.39, 0.29) is 17.4 Å². The number of anilines is 2. The van der Waals surface area contributed by atoms with Gasteiger partial charge in [-0.05, 0) is 31.0 Å². The number of hydrogen-bond donors (Lipinski definition) is 3. The lowest BCUT2D eigenvalue weighted by atomic mass is 10.1. The number of halogens is 3. The molecule has 0 heterocycles. The highest BCUT2D eigenvalue weighted by Crippen LogP contribution is 2.36. The second-order valence-electron chi connectivity index (χ2n) is 5.17. The monoisotopic (exact) mass is 343 g/mol. The summed E-state index contributed by atoms with van der Waals surface area (Å²) in [5.74, 6) is -0.489. The van der Waals surface area contributed by atoms with Crippen LogP contribution < -0.4 is 16.0 Å². The van der Waals surface area contributed by atoms with Crippen molar-refractivity contribution < 1.29 is 22.8 Å². The maximum absolute atomic E-state index is 13.2. The minimum Gasteiger partial charge on any atom is -0.335 e. The Balaban J connectivity index is 2.99. The molecule has 0 radical (unpaired) electrons. The lowest BCUT2D eigenvalue weighted by Gasteiger charge is -2.18. The van der Waals surface area contributed by atoms with Gasteiger partial charge in [0.05, 0.1) is 11.3 Å². The summed E-state index contributed by atoms with van der Waals surface area (Å²) < 4.78 is 39.5. The molecule has 0 saturated carbocycles. The van der Waals surface area contributed by atoms with Gasteiger partial charge in [-0.3, -0.25) is 4.79 Å². The average Bonchev–Trinajstić information content (AvgIpc) is 2.46. The van der Waals surface area contributed by atoms with Crippen LogP contribution in [0.1, 0.15) is 32.3 Å². The van der Waals surface area contributed by atoms with E-state index in [1.54, 1.807) is 6.08 Å². The Morgan fingerprint density at radius 2 is 1.96 bits per heavy atom. The van der Waals surface area contributed by atoms with Gasteiger partial charge in [0.15, 0.2) is 0 Å². The molecule has 3 amide bonds. The van der Waals surface area contributed by atoms with Gasteiger partial charge in [0.25, 0.3) is 0 Å². The zero-order valence-corrected chi connectivity index (χ0v) is 13.5. The van der Waals surface area contributed by atoms with E-state index in [4.69, 9.17) is 0 Å². The summed E-state index contributed by atoms with van der Waals surface area (Å²) in [7, 11) is 0. The number of carbonyl (C=O) groups is 2. The van der Waals surface area contributed by atoms with Crippen LogP contribution in [0.5, 0.6) is 0 Å². The topological polar surface area (TPSA) is 70.2 Å². The second-order valence-corrected chi connectivity index (χ2v) is 5.17. The van der Waals surface area contributed by atoms with Gasteiger partial charge in [0, 0.05) is 18.7 Å². The molecule has 0 aliphatic carbocycles. The lowest BCUT2D eigenvalue weighted by molar-refractivity contribution is -0.137. The summed E-state index contributed by atoms with van der Waals surface area (Å²) in [5, 5.41) is 7.06. The number of amides is 3. The Morgan fingerprint density at radius 3 is 2.46 bits per heavy atom. The highest BCUT2D eigenvalue weighted by molar-refractivity contribution is 5.92. The number of urea groups is 1. The highest BCUT2D eigenvalue weighted by Gasteiger charge is 2.34. The third-order valence-electron chi connectivity index (χ3n) is 3.17. The van der Waals surface area contributed by atoms with Crippen molar-refractivity contribution in [3.63, 3.8) is 0 Å². The second kappa shape index (κ2) is 8.37. The van der Waals surface area contributed by atoms with Crippen molar-refractivity contribution in [1.82, 2.24) is 5.32 Å². The minimum atomic E-state index is -4.68. The van der Waals surface area contributed by atoms with Gasteiger partial charge < -0.3 is 16.0 Å². The summed E-state index contributed by atoms with van der Waals surface area (Å²) in [6.45, 7) is 6.60. The van der Waals surface area contributed by atoms with E-state index in [0.29, 0.717) is 12.8 Å². The molecular formula is C16H20F3N3O2. The van der Waals surface area contributed by atoms with Crippen LogP contribution in [0.3, 0.4) is 0 Å². The molecule has 8 heteroatoms. The first-order chi connectivity index (χ1) is 11.2. The van der Waals surface area contributed by atoms with Crippen LogP contribution in [0.25, 0.3) is 0 Å². The maximum Gasteiger partial charge on any atom is 0.418 e. The van der Waals surface area contributed by atoms with Crippen LogP contribution in [0.15, 0.2) is 30.9 Å². The summed E-state index contributed by atoms with van der Waals surface area (Å²) in [6, 6.07) is 2.21. The van der Waals surface area contributed by atoms with E-state index in [2.05, 4.69) is 22.5 Å². The molecule has 1 aromatic rings. The Morgan fingerprint density at radius 1 is 1.29 bits per heavy atom. The first-order valence-corrected chi connectivity index (χ1v) is 7.34. The third-order valence-corrected chi connectivity index (χ3v) is 3.17. The largest absolute Gasteiger partial charge is 0.418 e. The van der Waals surface area contributed by atoms with E-state index in [9.17, 15) is 22.8 Å². The normalized spacial score (nSPS) is 12.2. The van der Waals surface area contributed by atoms with Crippen molar-refractivity contribution in [3.8, 4) is 0 Å². The predicted molar refractivity (Wildman–Crippen MR) is 86.8 cm³/mol. The van der Waals surface area contributed by atoms with Crippen LogP contribution in [-0.2, 0) is 11.0 Å². The predicted octanol–water partition coefficient (Wildman–Crippen LogP) is 4.14. The first-order valence-electron chi connectivity index (χ1n) is 7.34. The molecule has 1 aromatic carbocycles. The maximum atomic E-state index is 13.2. The summed E-state index contributed by atoms with van der Waals surface area (Å²) >= 11 is 0. The fourth-order valence-electron chi connectivity index (χ4n) is 2.04. The zero-order chi connectivity index (χ0) is 18.3. The molecule has 1 atom stereocenters. The van der Waals surface area contributed by atoms with Crippen LogP contribution in [0.4, 0.5) is 29.3 Å². The number of alkyl halides is 3. The van der Waals surface area contributed by atoms with Gasteiger partial charge in [-0.2, -0.15) is 13.2 Å². The van der Waals surface area contributed by atoms with Crippen LogP contribution >= 0.6 is 0 Å². The Hall–Kier alpha value is -2.51. The minimum absolute atomic E-state index is 0.00104. The summed E-state index contributed by atoms with van der Waals surface area (Å²) in [6.07, 6.45) is -1.93. The fraction of sp³-hybridized carbons (Fsp3) is 0.375. The van der Waals surface area contributed by atoms with Crippen molar-refractivity contribution in [2.45, 2.75) is 38.9 Å². The summed E-state index contributed by atoms with van der Waals surface area (Å²) in [5.41, 5.74) is -1.43. The molecule has 0 unspecified atom stereocenters. The van der Waals surface area contributed by atoms with E-state index in [1.807, 2.05) is 6.92 Å². The molecule has 5 nitrogen and oxygen atoms in total. The van der Waals surface area contributed by atoms with Gasteiger partial charge in [0.1, 0.15) is 0 Å². The van der Waals surface area contributed by atoms with Crippen molar-refractivity contribution >= 4 is 23.3 Å². The van der Waals surface area contributed by atoms with E-state index < -0.39 is 23.7 Å². The average molecular weight is 343 g/mol. The number of rotatable bonds is 6. The Kier molecular flexibility index (Phi) is 6.82. The number of hydrogen-bond acceptors (Lipinski definition) is 2. The standard InChI is InChI=1S/C16H20F3N3O2/c1-4-6-11(5-2)21-15(24)22-14-8-7-12(20-10(3)23)9-13(14)16(17,18)19/h4,7-9,11H,1,5-6H2,2-3H3,(H,20,23)(H2,21,22,24)/t11-/m0/s1. The van der Waals surface area contributed by atoms with Crippen LogP contribution in [-0.4, -0.2) is 18.0 Å². The third kappa shape index (κ3) is 5.94. The molecule has 0 aliphatic heterocycles. The molecular weight excluding hydrogens is 323 g/mol. The van der Waals surface area contributed by atoms with Crippen molar-refractivity contribution in [2.24, 2.45) is 0 Å². The van der Waals surface area contributed by atoms with E-state index >= 15 is 0 Å². The number of nitrogens with one attached hydrogen (secondary N) is 3. The van der Waals surface area contributed by atoms with E-state index in [1.165, 1.54) is 13.0 Å². The molecule has 0 bridgehead atoms. The van der Waals surface area contributed by atoms with Gasteiger partial charge in [-0.1, -0.05) is 13.0 Å². The Bertz CT molecular complexity index is 615. The van der Waals surface area contributed by atoms with Crippen molar-refractivity contribution in [3.05, 3.63) is 36.4 Å². The number of carbonyl (C=O) groups excluding carboxylic acids is 2. The van der Waals surface area contributed by atoms with Crippen molar-refractivity contribution in [1.29, 1.82) is 0 Å². The quantitative estimate of drug-likeness (QED) is 0.680. The first kappa shape index (κ1) is 19.5. The Labute approximate surface area is 138 Å². The fourth-order valence-corrected chi connectivity index (χ4v) is 2.04. The molecule has 0 aliphatic rings. The van der Waals surface area contributed by atoms with Gasteiger partial charge in [-0.15, -0.1) is 6.58 Å². The molecule has 24 heavy (non-hydrogen) atoms. The van der Waals surface area contributed by atoms with Gasteiger partial charge in [-0.25, -0.2) is 4.79 Å². The molecule has 1 rings (SSSR count). The molecule has 0 fully saturated rings. The highest BCUT2D eigenvalue weighted by atomic mass is 19.4.